The van der Waals surface area contributed by atoms with Crippen LogP contribution < -0.4 is 10.1 Å². The number of phenols is 2. The minimum atomic E-state index is -4.79. The molecule has 0 fully saturated rings. The molecule has 9 nitrogen and oxygen atoms in total. The first-order chi connectivity index (χ1) is 17.6. The number of hydrogen-bond acceptors (Lipinski definition) is 7. The molecule has 0 radical (unpaired) electrons. The van der Waals surface area contributed by atoms with E-state index in [9.17, 15) is 28.2 Å². The number of amides is 1. The van der Waals surface area contributed by atoms with Gasteiger partial charge >= 0.3 is 6.36 Å². The Kier molecular flexibility index (Phi) is 5.86. The van der Waals surface area contributed by atoms with Crippen LogP contribution in [0.4, 0.5) is 24.7 Å². The Morgan fingerprint density at radius 2 is 1.84 bits per heavy atom. The van der Waals surface area contributed by atoms with Crippen molar-refractivity contribution >= 4 is 17.4 Å². The number of anilines is 2. The van der Waals surface area contributed by atoms with Crippen molar-refractivity contribution < 1.29 is 32.9 Å². The standard InChI is InChI=1S/C25H20F3N5O4/c1-32-22(11-18(31-32)14-4-6-17(7-5-14)37-25(26,27)28)30-19-9-16(34)10-21(35)23(19)24(36)33-12-15-3-2-8-29-20(15)13-33/h2-11,30,34-35H,12-13H2,1H3. The molecule has 4 aromatic rings. The van der Waals surface area contributed by atoms with Gasteiger partial charge in [-0.1, -0.05) is 6.07 Å². The Morgan fingerprint density at radius 1 is 1.08 bits per heavy atom. The van der Waals surface area contributed by atoms with E-state index in [-0.39, 0.29) is 29.3 Å². The minimum Gasteiger partial charge on any atom is -0.508 e. The van der Waals surface area contributed by atoms with Gasteiger partial charge in [0.15, 0.2) is 0 Å². The molecule has 0 atom stereocenters. The van der Waals surface area contributed by atoms with Gasteiger partial charge in [-0.15, -0.1) is 13.2 Å². The van der Waals surface area contributed by atoms with Crippen LogP contribution in [0.3, 0.4) is 0 Å². The number of ether oxygens (including phenoxy) is 1. The number of nitrogens with zero attached hydrogens (tertiary/aromatic N) is 4. The molecule has 0 bridgehead atoms. The molecule has 0 saturated carbocycles. The number of rotatable bonds is 5. The lowest BCUT2D eigenvalue weighted by atomic mass is 10.1. The van der Waals surface area contributed by atoms with Crippen LogP contribution in [0.15, 0.2) is 60.8 Å². The van der Waals surface area contributed by atoms with E-state index in [1.54, 1.807) is 25.4 Å². The summed E-state index contributed by atoms with van der Waals surface area (Å²) in [5.41, 5.74) is 2.74. The van der Waals surface area contributed by atoms with Crippen LogP contribution >= 0.6 is 0 Å². The molecule has 1 amide bonds. The topological polar surface area (TPSA) is 113 Å². The predicted octanol–water partition coefficient (Wildman–Crippen LogP) is 4.69. The lowest BCUT2D eigenvalue weighted by Gasteiger charge is -2.19. The van der Waals surface area contributed by atoms with Gasteiger partial charge in [0, 0.05) is 43.6 Å². The average Bonchev–Trinajstić information content (AvgIpc) is 3.41. The van der Waals surface area contributed by atoms with E-state index in [1.807, 2.05) is 6.07 Å². The lowest BCUT2D eigenvalue weighted by Crippen LogP contribution is -2.26. The first kappa shape index (κ1) is 24.0. The number of fused-ring (bicyclic) bond motifs is 1. The molecule has 2 aromatic heterocycles. The molecule has 0 spiro atoms. The van der Waals surface area contributed by atoms with E-state index < -0.39 is 18.0 Å². The first-order valence-electron chi connectivity index (χ1n) is 11.0. The van der Waals surface area contributed by atoms with E-state index in [0.717, 1.165) is 17.3 Å². The van der Waals surface area contributed by atoms with E-state index in [1.165, 1.54) is 39.9 Å². The SMILES string of the molecule is Cn1nc(-c2ccc(OC(F)(F)F)cc2)cc1Nc1cc(O)cc(O)c1C(=O)N1Cc2cccnc2C1. The van der Waals surface area contributed by atoms with Crippen molar-refractivity contribution in [2.75, 3.05) is 5.32 Å². The summed E-state index contributed by atoms with van der Waals surface area (Å²) < 4.78 is 42.6. The highest BCUT2D eigenvalue weighted by Crippen LogP contribution is 2.36. The Morgan fingerprint density at radius 3 is 2.54 bits per heavy atom. The van der Waals surface area contributed by atoms with Crippen LogP contribution in [0.5, 0.6) is 17.2 Å². The Labute approximate surface area is 208 Å². The fourth-order valence-corrected chi connectivity index (χ4v) is 4.13. The zero-order valence-electron chi connectivity index (χ0n) is 19.3. The number of pyridine rings is 1. The molecule has 0 unspecified atom stereocenters. The van der Waals surface area contributed by atoms with Gasteiger partial charge in [0.25, 0.3) is 5.91 Å². The molecule has 0 saturated heterocycles. The highest BCUT2D eigenvalue weighted by atomic mass is 19.4. The molecule has 0 aliphatic carbocycles. The zero-order chi connectivity index (χ0) is 26.3. The maximum absolute atomic E-state index is 13.4. The van der Waals surface area contributed by atoms with Crippen LogP contribution in [0, 0.1) is 0 Å². The van der Waals surface area contributed by atoms with Crippen LogP contribution in [0.25, 0.3) is 11.3 Å². The quantitative estimate of drug-likeness (QED) is 0.356. The molecule has 3 heterocycles. The van der Waals surface area contributed by atoms with Crippen LogP contribution in [-0.4, -0.2) is 42.1 Å². The monoisotopic (exact) mass is 511 g/mol. The number of benzene rings is 2. The molecular weight excluding hydrogens is 491 g/mol. The van der Waals surface area contributed by atoms with Crippen molar-refractivity contribution in [2.24, 2.45) is 7.05 Å². The molecule has 2 aromatic carbocycles. The third-order valence-corrected chi connectivity index (χ3v) is 5.82. The zero-order valence-corrected chi connectivity index (χ0v) is 19.3. The van der Waals surface area contributed by atoms with E-state index in [2.05, 4.69) is 20.1 Å². The number of phenolic OH excluding ortho intramolecular Hbond substituents is 2. The molecule has 1 aliphatic rings. The van der Waals surface area contributed by atoms with Crippen molar-refractivity contribution in [3.63, 3.8) is 0 Å². The Bertz CT molecular complexity index is 1460. The van der Waals surface area contributed by atoms with Crippen LogP contribution in [0.2, 0.25) is 0 Å². The summed E-state index contributed by atoms with van der Waals surface area (Å²) in [6.45, 7) is 0.602. The van der Waals surface area contributed by atoms with Gasteiger partial charge in [0.05, 0.1) is 23.6 Å². The summed E-state index contributed by atoms with van der Waals surface area (Å²) in [6.07, 6.45) is -3.14. The largest absolute Gasteiger partial charge is 0.573 e. The highest BCUT2D eigenvalue weighted by Gasteiger charge is 2.31. The minimum absolute atomic E-state index is 0.0398. The number of carbonyl (C=O) groups excluding carboxylic acids is 1. The summed E-state index contributed by atoms with van der Waals surface area (Å²) >= 11 is 0. The number of aromatic nitrogens is 3. The second-order valence-corrected chi connectivity index (χ2v) is 8.39. The first-order valence-corrected chi connectivity index (χ1v) is 11.0. The van der Waals surface area contributed by atoms with Crippen LogP contribution in [-0.2, 0) is 20.1 Å². The van der Waals surface area contributed by atoms with E-state index in [0.29, 0.717) is 23.6 Å². The lowest BCUT2D eigenvalue weighted by molar-refractivity contribution is -0.274. The summed E-state index contributed by atoms with van der Waals surface area (Å²) in [7, 11) is 1.62. The summed E-state index contributed by atoms with van der Waals surface area (Å²) in [4.78, 5) is 19.2. The number of alkyl halides is 3. The van der Waals surface area contributed by atoms with Crippen LogP contribution in [0.1, 0.15) is 21.6 Å². The van der Waals surface area contributed by atoms with Gasteiger partial charge in [-0.05, 0) is 35.9 Å². The van der Waals surface area contributed by atoms with Gasteiger partial charge in [-0.2, -0.15) is 5.10 Å². The fraction of sp³-hybridized carbons (Fsp3) is 0.160. The second-order valence-electron chi connectivity index (χ2n) is 8.39. The molecular formula is C25H20F3N5O4. The van der Waals surface area contributed by atoms with Gasteiger partial charge in [-0.25, -0.2) is 0 Å². The van der Waals surface area contributed by atoms with E-state index in [4.69, 9.17) is 0 Å². The Balaban J connectivity index is 1.41. The number of halogens is 3. The van der Waals surface area contributed by atoms with Crippen molar-refractivity contribution in [3.8, 4) is 28.5 Å². The third-order valence-electron chi connectivity index (χ3n) is 5.82. The maximum Gasteiger partial charge on any atom is 0.573 e. The average molecular weight is 511 g/mol. The molecule has 5 rings (SSSR count). The molecule has 12 heteroatoms. The number of carbonyl (C=O) groups is 1. The van der Waals surface area contributed by atoms with Crippen molar-refractivity contribution in [3.05, 3.63) is 77.6 Å². The van der Waals surface area contributed by atoms with Gasteiger partial charge in [0.1, 0.15) is 28.6 Å². The number of nitrogens with one attached hydrogen (secondary N) is 1. The van der Waals surface area contributed by atoms with E-state index >= 15 is 0 Å². The summed E-state index contributed by atoms with van der Waals surface area (Å²) in [5, 5.41) is 28.1. The van der Waals surface area contributed by atoms with Crippen molar-refractivity contribution in [2.45, 2.75) is 19.5 Å². The van der Waals surface area contributed by atoms with Gasteiger partial charge in [0.2, 0.25) is 0 Å². The molecule has 190 valence electrons. The van der Waals surface area contributed by atoms with Crippen molar-refractivity contribution in [1.82, 2.24) is 19.7 Å². The number of aromatic hydroxyl groups is 2. The summed E-state index contributed by atoms with van der Waals surface area (Å²) in [5.74, 6) is -1.08. The molecule has 37 heavy (non-hydrogen) atoms. The number of aryl methyl sites for hydroxylation is 1. The normalized spacial score (nSPS) is 12.9. The van der Waals surface area contributed by atoms with Gasteiger partial charge < -0.3 is 25.2 Å². The highest BCUT2D eigenvalue weighted by molar-refractivity contribution is 6.03. The third kappa shape index (κ3) is 4.99. The predicted molar refractivity (Wildman–Crippen MR) is 126 cm³/mol. The van der Waals surface area contributed by atoms with Gasteiger partial charge in [-0.3, -0.25) is 14.5 Å². The summed E-state index contributed by atoms with van der Waals surface area (Å²) in [6, 6.07) is 12.9. The maximum atomic E-state index is 13.4. The van der Waals surface area contributed by atoms with Crippen molar-refractivity contribution in [1.29, 1.82) is 0 Å². The molecule has 3 N–H and O–H groups in total. The smallest absolute Gasteiger partial charge is 0.508 e. The molecule has 1 aliphatic heterocycles. The number of hydrogen-bond donors (Lipinski definition) is 3. The fourth-order valence-electron chi connectivity index (χ4n) is 4.13. The Hall–Kier alpha value is -4.74. The second kappa shape index (κ2) is 9.04.